The molecule has 0 saturated heterocycles. The van der Waals surface area contributed by atoms with Gasteiger partial charge in [-0.1, -0.05) is 6.92 Å². The number of aryl methyl sites for hydroxylation is 3. The van der Waals surface area contributed by atoms with Gasteiger partial charge in [0.1, 0.15) is 5.01 Å². The van der Waals surface area contributed by atoms with Gasteiger partial charge in [-0.15, -0.1) is 11.3 Å². The summed E-state index contributed by atoms with van der Waals surface area (Å²) < 4.78 is 2.08. The van der Waals surface area contributed by atoms with Crippen molar-refractivity contribution >= 4 is 11.3 Å². The van der Waals surface area contributed by atoms with Crippen molar-refractivity contribution in [2.45, 2.75) is 53.2 Å². The van der Waals surface area contributed by atoms with Crippen LogP contribution in [0.5, 0.6) is 0 Å². The van der Waals surface area contributed by atoms with Gasteiger partial charge in [0, 0.05) is 24.2 Å². The van der Waals surface area contributed by atoms with Gasteiger partial charge >= 0.3 is 0 Å². The molecule has 0 fully saturated rings. The molecular weight excluding hydrogens is 256 g/mol. The third-order valence-corrected chi connectivity index (χ3v) is 4.32. The van der Waals surface area contributed by atoms with E-state index in [2.05, 4.69) is 52.3 Å². The first-order valence-corrected chi connectivity index (χ1v) is 7.73. The van der Waals surface area contributed by atoms with Crippen LogP contribution in [-0.4, -0.2) is 14.8 Å². The molecule has 1 N–H and O–H groups in total. The van der Waals surface area contributed by atoms with E-state index in [9.17, 15) is 0 Å². The molecule has 0 aliphatic rings. The summed E-state index contributed by atoms with van der Waals surface area (Å²) in [6.45, 7) is 10.2. The maximum atomic E-state index is 4.57. The van der Waals surface area contributed by atoms with Gasteiger partial charge in [0.25, 0.3) is 0 Å². The summed E-state index contributed by atoms with van der Waals surface area (Å²) >= 11 is 1.72. The summed E-state index contributed by atoms with van der Waals surface area (Å²) in [5.41, 5.74) is 3.51. The number of rotatable bonds is 6. The quantitative estimate of drug-likeness (QED) is 0.883. The molecule has 104 valence electrons. The van der Waals surface area contributed by atoms with Gasteiger partial charge in [-0.3, -0.25) is 4.68 Å². The zero-order chi connectivity index (χ0) is 13.8. The smallest absolute Gasteiger partial charge is 0.110 e. The van der Waals surface area contributed by atoms with Crippen molar-refractivity contribution in [3.05, 3.63) is 33.5 Å². The highest BCUT2D eigenvalue weighted by Crippen LogP contribution is 2.18. The number of thiazole rings is 1. The van der Waals surface area contributed by atoms with Gasteiger partial charge in [-0.05, 0) is 33.3 Å². The zero-order valence-electron chi connectivity index (χ0n) is 12.1. The molecule has 2 rings (SSSR count). The second-order valence-electron chi connectivity index (χ2n) is 4.73. The first kappa shape index (κ1) is 14.2. The van der Waals surface area contributed by atoms with E-state index in [1.807, 2.05) is 6.92 Å². The fourth-order valence-electron chi connectivity index (χ4n) is 2.02. The number of aromatic nitrogens is 3. The van der Waals surface area contributed by atoms with E-state index in [4.69, 9.17) is 0 Å². The monoisotopic (exact) mass is 278 g/mol. The minimum absolute atomic E-state index is 0.281. The van der Waals surface area contributed by atoms with Crippen LogP contribution < -0.4 is 5.32 Å². The Morgan fingerprint density at radius 1 is 1.42 bits per heavy atom. The van der Waals surface area contributed by atoms with Crippen molar-refractivity contribution in [1.29, 1.82) is 0 Å². The van der Waals surface area contributed by atoms with E-state index in [1.165, 1.54) is 5.69 Å². The van der Waals surface area contributed by atoms with E-state index in [0.717, 1.165) is 35.9 Å². The molecule has 1 atom stereocenters. The molecule has 2 heterocycles. The Morgan fingerprint density at radius 3 is 2.79 bits per heavy atom. The molecule has 0 radical (unpaired) electrons. The summed E-state index contributed by atoms with van der Waals surface area (Å²) in [6, 6.07) is 2.47. The molecule has 0 saturated carbocycles. The third kappa shape index (κ3) is 3.42. The molecule has 2 aromatic rings. The Bertz CT molecular complexity index is 529. The van der Waals surface area contributed by atoms with Gasteiger partial charge in [0.15, 0.2) is 0 Å². The van der Waals surface area contributed by atoms with Crippen LogP contribution in [0.15, 0.2) is 11.4 Å². The molecule has 0 aliphatic heterocycles. The zero-order valence-corrected chi connectivity index (χ0v) is 12.9. The first-order chi connectivity index (χ1) is 9.13. The second kappa shape index (κ2) is 6.30. The van der Waals surface area contributed by atoms with E-state index in [-0.39, 0.29) is 6.04 Å². The minimum Gasteiger partial charge on any atom is -0.302 e. The molecular formula is C14H22N4S. The van der Waals surface area contributed by atoms with Crippen molar-refractivity contribution < 1.29 is 0 Å². The molecule has 5 heteroatoms. The van der Waals surface area contributed by atoms with E-state index >= 15 is 0 Å². The lowest BCUT2D eigenvalue weighted by molar-refractivity contribution is 0.528. The van der Waals surface area contributed by atoms with E-state index in [0.29, 0.717) is 0 Å². The average Bonchev–Trinajstić information content (AvgIpc) is 3.01. The maximum Gasteiger partial charge on any atom is 0.110 e. The summed E-state index contributed by atoms with van der Waals surface area (Å²) in [5, 5.41) is 11.3. The number of hydrogen-bond donors (Lipinski definition) is 1. The number of hydrogen-bond acceptors (Lipinski definition) is 4. The van der Waals surface area contributed by atoms with Crippen molar-refractivity contribution in [3.63, 3.8) is 0 Å². The van der Waals surface area contributed by atoms with Gasteiger partial charge in [0.05, 0.1) is 17.4 Å². The predicted molar refractivity (Wildman–Crippen MR) is 79.4 cm³/mol. The summed E-state index contributed by atoms with van der Waals surface area (Å²) in [6.07, 6.45) is 0.987. The summed E-state index contributed by atoms with van der Waals surface area (Å²) in [7, 11) is 0. The fourth-order valence-corrected chi connectivity index (χ4v) is 2.85. The predicted octanol–water partition coefficient (Wildman–Crippen LogP) is 3.08. The lowest BCUT2D eigenvalue weighted by atomic mass is 10.3. The SMILES string of the molecule is CCc1cc(CNC(C)c2nc(C)cs2)n(CC)n1. The normalized spacial score (nSPS) is 12.8. The molecule has 0 bridgehead atoms. The van der Waals surface area contributed by atoms with Crippen LogP contribution in [-0.2, 0) is 19.5 Å². The molecule has 0 aromatic carbocycles. The summed E-state index contributed by atoms with van der Waals surface area (Å²) in [4.78, 5) is 4.52. The van der Waals surface area contributed by atoms with Gasteiger partial charge < -0.3 is 5.32 Å². The Labute approximate surface area is 118 Å². The molecule has 2 aromatic heterocycles. The topological polar surface area (TPSA) is 42.7 Å². The fraction of sp³-hybridized carbons (Fsp3) is 0.571. The molecule has 19 heavy (non-hydrogen) atoms. The Hall–Kier alpha value is -1.20. The number of nitrogens with zero attached hydrogens (tertiary/aromatic N) is 3. The largest absolute Gasteiger partial charge is 0.302 e. The van der Waals surface area contributed by atoms with Crippen molar-refractivity contribution in [1.82, 2.24) is 20.1 Å². The van der Waals surface area contributed by atoms with Crippen LogP contribution in [0.25, 0.3) is 0 Å². The highest BCUT2D eigenvalue weighted by atomic mass is 32.1. The highest BCUT2D eigenvalue weighted by molar-refractivity contribution is 7.09. The maximum absolute atomic E-state index is 4.57. The van der Waals surface area contributed by atoms with Crippen LogP contribution in [0, 0.1) is 6.92 Å². The molecule has 4 nitrogen and oxygen atoms in total. The highest BCUT2D eigenvalue weighted by Gasteiger charge is 2.11. The Kier molecular flexibility index (Phi) is 4.71. The van der Waals surface area contributed by atoms with Gasteiger partial charge in [0.2, 0.25) is 0 Å². The van der Waals surface area contributed by atoms with E-state index < -0.39 is 0 Å². The van der Waals surface area contributed by atoms with Crippen molar-refractivity contribution in [2.75, 3.05) is 0 Å². The van der Waals surface area contributed by atoms with E-state index in [1.54, 1.807) is 11.3 Å². The van der Waals surface area contributed by atoms with Crippen molar-refractivity contribution in [3.8, 4) is 0 Å². The standard InChI is InChI=1S/C14H22N4S/c1-5-12-7-13(18(6-2)17-12)8-15-11(4)14-16-10(3)9-19-14/h7,9,11,15H,5-6,8H2,1-4H3. The lowest BCUT2D eigenvalue weighted by Crippen LogP contribution is -2.20. The van der Waals surface area contributed by atoms with Crippen LogP contribution in [0.1, 0.15) is 48.9 Å². The first-order valence-electron chi connectivity index (χ1n) is 6.85. The Balaban J connectivity index is 2.00. The van der Waals surface area contributed by atoms with Crippen LogP contribution in [0.3, 0.4) is 0 Å². The molecule has 0 aliphatic carbocycles. The second-order valence-corrected chi connectivity index (χ2v) is 5.62. The van der Waals surface area contributed by atoms with Crippen LogP contribution in [0.4, 0.5) is 0 Å². The molecule has 0 amide bonds. The molecule has 0 spiro atoms. The lowest BCUT2D eigenvalue weighted by Gasteiger charge is -2.11. The minimum atomic E-state index is 0.281. The molecule has 1 unspecified atom stereocenters. The Morgan fingerprint density at radius 2 is 2.21 bits per heavy atom. The summed E-state index contributed by atoms with van der Waals surface area (Å²) in [5.74, 6) is 0. The van der Waals surface area contributed by atoms with Crippen LogP contribution >= 0.6 is 11.3 Å². The third-order valence-electron chi connectivity index (χ3n) is 3.17. The number of nitrogens with one attached hydrogen (secondary N) is 1. The van der Waals surface area contributed by atoms with Crippen molar-refractivity contribution in [2.24, 2.45) is 0 Å². The average molecular weight is 278 g/mol. The van der Waals surface area contributed by atoms with Gasteiger partial charge in [-0.25, -0.2) is 4.98 Å². The van der Waals surface area contributed by atoms with Crippen LogP contribution in [0.2, 0.25) is 0 Å². The van der Waals surface area contributed by atoms with Gasteiger partial charge in [-0.2, -0.15) is 5.10 Å².